The number of rotatable bonds is 3. The molecule has 0 aromatic heterocycles. The third-order valence-corrected chi connectivity index (χ3v) is 2.11. The SMILES string of the molecule is C=CC(c1ccccc1)C(O)C(F)(F)F. The zero-order valence-corrected chi connectivity index (χ0v) is 7.91. The van der Waals surface area contributed by atoms with Gasteiger partial charge in [0.15, 0.2) is 6.10 Å². The molecular formula is C11H11F3O. The van der Waals surface area contributed by atoms with Gasteiger partial charge in [0.05, 0.1) is 0 Å². The monoisotopic (exact) mass is 216 g/mol. The Bertz CT molecular complexity index is 318. The predicted molar refractivity (Wildman–Crippen MR) is 51.4 cm³/mol. The number of hydrogen-bond acceptors (Lipinski definition) is 1. The van der Waals surface area contributed by atoms with Gasteiger partial charge in [0.2, 0.25) is 0 Å². The lowest BCUT2D eigenvalue weighted by atomic mass is 9.93. The molecule has 1 rings (SSSR count). The Balaban J connectivity index is 2.95. The van der Waals surface area contributed by atoms with Crippen molar-refractivity contribution in [1.82, 2.24) is 0 Å². The van der Waals surface area contributed by atoms with Crippen molar-refractivity contribution in [1.29, 1.82) is 0 Å². The van der Waals surface area contributed by atoms with E-state index in [9.17, 15) is 13.2 Å². The van der Waals surface area contributed by atoms with Crippen LogP contribution in [-0.4, -0.2) is 17.4 Å². The lowest BCUT2D eigenvalue weighted by molar-refractivity contribution is -0.207. The fourth-order valence-electron chi connectivity index (χ4n) is 1.33. The molecule has 0 fully saturated rings. The molecule has 0 aliphatic rings. The van der Waals surface area contributed by atoms with Crippen LogP contribution in [0.25, 0.3) is 0 Å². The molecule has 0 spiro atoms. The summed E-state index contributed by atoms with van der Waals surface area (Å²) in [5.41, 5.74) is 0.400. The quantitative estimate of drug-likeness (QED) is 0.770. The van der Waals surface area contributed by atoms with Crippen LogP contribution in [0, 0.1) is 0 Å². The summed E-state index contributed by atoms with van der Waals surface area (Å²) < 4.78 is 36.8. The lowest BCUT2D eigenvalue weighted by Crippen LogP contribution is -2.33. The summed E-state index contributed by atoms with van der Waals surface area (Å²) in [6.45, 7) is 3.31. The van der Waals surface area contributed by atoms with E-state index in [4.69, 9.17) is 5.11 Å². The summed E-state index contributed by atoms with van der Waals surface area (Å²) >= 11 is 0. The minimum absolute atomic E-state index is 0.400. The average Bonchev–Trinajstić information content (AvgIpc) is 2.19. The van der Waals surface area contributed by atoms with Crippen LogP contribution in [0.15, 0.2) is 43.0 Å². The summed E-state index contributed by atoms with van der Waals surface area (Å²) in [7, 11) is 0. The molecule has 1 N–H and O–H groups in total. The van der Waals surface area contributed by atoms with Crippen molar-refractivity contribution < 1.29 is 18.3 Å². The van der Waals surface area contributed by atoms with Gasteiger partial charge in [-0.05, 0) is 5.56 Å². The van der Waals surface area contributed by atoms with Crippen LogP contribution in [0.3, 0.4) is 0 Å². The van der Waals surface area contributed by atoms with Crippen molar-refractivity contribution in [2.75, 3.05) is 0 Å². The highest BCUT2D eigenvalue weighted by atomic mass is 19.4. The van der Waals surface area contributed by atoms with Gasteiger partial charge in [-0.3, -0.25) is 0 Å². The molecule has 0 heterocycles. The largest absolute Gasteiger partial charge is 0.415 e. The molecule has 0 radical (unpaired) electrons. The normalized spacial score (nSPS) is 15.7. The third-order valence-electron chi connectivity index (χ3n) is 2.11. The van der Waals surface area contributed by atoms with Crippen molar-refractivity contribution in [2.45, 2.75) is 18.2 Å². The summed E-state index contributed by atoms with van der Waals surface area (Å²) in [5.74, 6) is -1.12. The molecule has 82 valence electrons. The van der Waals surface area contributed by atoms with E-state index in [-0.39, 0.29) is 0 Å². The first kappa shape index (κ1) is 11.8. The molecule has 15 heavy (non-hydrogen) atoms. The topological polar surface area (TPSA) is 20.2 Å². The molecule has 1 nitrogen and oxygen atoms in total. The highest BCUT2D eigenvalue weighted by molar-refractivity contribution is 5.25. The van der Waals surface area contributed by atoms with Crippen molar-refractivity contribution in [3.05, 3.63) is 48.6 Å². The third kappa shape index (κ3) is 2.83. The van der Waals surface area contributed by atoms with Crippen LogP contribution in [0.5, 0.6) is 0 Å². The Morgan fingerprint density at radius 3 is 2.13 bits per heavy atom. The van der Waals surface area contributed by atoms with Gasteiger partial charge >= 0.3 is 6.18 Å². The van der Waals surface area contributed by atoms with Crippen LogP contribution in [0.1, 0.15) is 11.5 Å². The molecule has 0 saturated carbocycles. The van der Waals surface area contributed by atoms with Gasteiger partial charge in [-0.25, -0.2) is 0 Å². The smallest absolute Gasteiger partial charge is 0.383 e. The van der Waals surface area contributed by atoms with Gasteiger partial charge in [-0.2, -0.15) is 13.2 Å². The molecule has 2 unspecified atom stereocenters. The van der Waals surface area contributed by atoms with E-state index in [0.717, 1.165) is 6.08 Å². The standard InChI is InChI=1S/C11H11F3O/c1-2-9(10(15)11(12,13)14)8-6-4-3-5-7-8/h2-7,9-10,15H,1H2. The number of aliphatic hydroxyl groups is 1. The van der Waals surface area contributed by atoms with E-state index >= 15 is 0 Å². The Morgan fingerprint density at radius 1 is 1.20 bits per heavy atom. The molecule has 0 aliphatic heterocycles. The second-order valence-electron chi connectivity index (χ2n) is 3.16. The molecule has 4 heteroatoms. The highest BCUT2D eigenvalue weighted by Gasteiger charge is 2.42. The van der Waals surface area contributed by atoms with Crippen LogP contribution in [0.4, 0.5) is 13.2 Å². The molecule has 0 bridgehead atoms. The van der Waals surface area contributed by atoms with Crippen molar-refractivity contribution in [3.8, 4) is 0 Å². The highest BCUT2D eigenvalue weighted by Crippen LogP contribution is 2.32. The van der Waals surface area contributed by atoms with Crippen LogP contribution >= 0.6 is 0 Å². The fraction of sp³-hybridized carbons (Fsp3) is 0.273. The molecule has 2 atom stereocenters. The van der Waals surface area contributed by atoms with E-state index in [1.54, 1.807) is 18.2 Å². The minimum Gasteiger partial charge on any atom is -0.383 e. The average molecular weight is 216 g/mol. The number of benzene rings is 1. The Hall–Kier alpha value is -1.29. The lowest BCUT2D eigenvalue weighted by Gasteiger charge is -2.22. The summed E-state index contributed by atoms with van der Waals surface area (Å²) in [5, 5.41) is 9.10. The maximum atomic E-state index is 12.3. The zero-order valence-electron chi connectivity index (χ0n) is 7.91. The van der Waals surface area contributed by atoms with Crippen LogP contribution in [-0.2, 0) is 0 Å². The second kappa shape index (κ2) is 4.49. The van der Waals surface area contributed by atoms with Gasteiger partial charge in [0, 0.05) is 5.92 Å². The van der Waals surface area contributed by atoms with Gasteiger partial charge in [0.1, 0.15) is 0 Å². The Labute approximate surface area is 85.9 Å². The number of hydrogen-bond donors (Lipinski definition) is 1. The first-order valence-corrected chi connectivity index (χ1v) is 4.39. The Morgan fingerprint density at radius 2 is 1.73 bits per heavy atom. The maximum Gasteiger partial charge on any atom is 0.415 e. The van der Waals surface area contributed by atoms with Gasteiger partial charge in [-0.1, -0.05) is 36.4 Å². The predicted octanol–water partition coefficient (Wildman–Crippen LogP) is 2.88. The summed E-state index contributed by atoms with van der Waals surface area (Å²) in [6, 6.07) is 8.00. The van der Waals surface area contributed by atoms with Crippen LogP contribution in [0.2, 0.25) is 0 Å². The minimum atomic E-state index is -4.63. The molecule has 1 aromatic rings. The van der Waals surface area contributed by atoms with E-state index in [1.165, 1.54) is 12.1 Å². The zero-order chi connectivity index (χ0) is 11.5. The molecule has 0 aliphatic carbocycles. The number of aliphatic hydroxyl groups excluding tert-OH is 1. The summed E-state index contributed by atoms with van der Waals surface area (Å²) in [4.78, 5) is 0. The van der Waals surface area contributed by atoms with Crippen molar-refractivity contribution >= 4 is 0 Å². The summed E-state index contributed by atoms with van der Waals surface area (Å²) in [6.07, 6.45) is -5.93. The van der Waals surface area contributed by atoms with E-state index in [2.05, 4.69) is 6.58 Å². The first-order valence-electron chi connectivity index (χ1n) is 4.39. The van der Waals surface area contributed by atoms with Crippen molar-refractivity contribution in [3.63, 3.8) is 0 Å². The first-order chi connectivity index (χ1) is 6.96. The van der Waals surface area contributed by atoms with Crippen molar-refractivity contribution in [2.24, 2.45) is 0 Å². The molecule has 0 saturated heterocycles. The second-order valence-corrected chi connectivity index (χ2v) is 3.16. The van der Waals surface area contributed by atoms with Gasteiger partial charge in [-0.15, -0.1) is 6.58 Å². The Kier molecular flexibility index (Phi) is 3.52. The van der Waals surface area contributed by atoms with E-state index < -0.39 is 18.2 Å². The maximum absolute atomic E-state index is 12.3. The van der Waals surface area contributed by atoms with Crippen LogP contribution < -0.4 is 0 Å². The molecule has 0 amide bonds. The molecule has 1 aromatic carbocycles. The number of alkyl halides is 3. The van der Waals surface area contributed by atoms with Gasteiger partial charge in [0.25, 0.3) is 0 Å². The fourth-order valence-corrected chi connectivity index (χ4v) is 1.33. The van der Waals surface area contributed by atoms with E-state index in [1.807, 2.05) is 0 Å². The van der Waals surface area contributed by atoms with E-state index in [0.29, 0.717) is 5.56 Å². The van der Waals surface area contributed by atoms with Gasteiger partial charge < -0.3 is 5.11 Å². The molecular weight excluding hydrogens is 205 g/mol. The number of halogens is 3.